The highest BCUT2D eigenvalue weighted by atomic mass is 16.4. The van der Waals surface area contributed by atoms with Crippen molar-refractivity contribution in [1.82, 2.24) is 10.6 Å². The van der Waals surface area contributed by atoms with E-state index in [4.69, 9.17) is 0 Å². The van der Waals surface area contributed by atoms with Crippen LogP contribution in [-0.2, 0) is 9.59 Å². The first kappa shape index (κ1) is 22.5. The van der Waals surface area contributed by atoms with E-state index in [9.17, 15) is 19.5 Å². The van der Waals surface area contributed by atoms with Crippen molar-refractivity contribution in [3.05, 3.63) is 60.2 Å². The van der Waals surface area contributed by atoms with Gasteiger partial charge in [-0.25, -0.2) is 4.79 Å². The molecule has 0 bridgehead atoms. The second-order valence-electron chi connectivity index (χ2n) is 9.27. The van der Waals surface area contributed by atoms with E-state index in [0.717, 1.165) is 26.9 Å². The zero-order valence-corrected chi connectivity index (χ0v) is 19.2. The maximum Gasteiger partial charge on any atom is 0.326 e. The van der Waals surface area contributed by atoms with Crippen LogP contribution in [0.15, 0.2) is 54.6 Å². The summed E-state index contributed by atoms with van der Waals surface area (Å²) in [4.78, 5) is 37.5. The summed E-state index contributed by atoms with van der Waals surface area (Å²) in [6.45, 7) is 7.09. The summed E-state index contributed by atoms with van der Waals surface area (Å²) in [5, 5.41) is 21.3. The van der Waals surface area contributed by atoms with Crippen LogP contribution in [0.25, 0.3) is 32.3 Å². The third-order valence-corrected chi connectivity index (χ3v) is 6.19. The monoisotopic (exact) mass is 444 g/mol. The van der Waals surface area contributed by atoms with Gasteiger partial charge in [-0.1, -0.05) is 70.2 Å². The topological polar surface area (TPSA) is 95.5 Å². The van der Waals surface area contributed by atoms with Crippen molar-refractivity contribution in [2.75, 3.05) is 0 Å². The number of carbonyl (C=O) groups is 3. The first-order valence-corrected chi connectivity index (χ1v) is 11.2. The third-order valence-electron chi connectivity index (χ3n) is 6.19. The Kier molecular flexibility index (Phi) is 5.93. The molecule has 0 unspecified atom stereocenters. The van der Waals surface area contributed by atoms with Gasteiger partial charge in [0.05, 0.1) is 0 Å². The molecule has 0 saturated heterocycles. The van der Waals surface area contributed by atoms with Gasteiger partial charge in [-0.3, -0.25) is 9.59 Å². The van der Waals surface area contributed by atoms with E-state index in [-0.39, 0.29) is 17.7 Å². The van der Waals surface area contributed by atoms with Crippen LogP contribution in [0.3, 0.4) is 0 Å². The minimum absolute atomic E-state index is 0.222. The van der Waals surface area contributed by atoms with Gasteiger partial charge < -0.3 is 15.7 Å². The minimum atomic E-state index is -1.10. The number of carbonyl (C=O) groups excluding carboxylic acids is 2. The average Bonchev–Trinajstić information content (AvgIpc) is 2.78. The smallest absolute Gasteiger partial charge is 0.326 e. The lowest BCUT2D eigenvalue weighted by Crippen LogP contribution is -2.54. The number of rotatable bonds is 7. The molecule has 4 rings (SSSR count). The van der Waals surface area contributed by atoms with Crippen molar-refractivity contribution in [2.24, 2.45) is 11.8 Å². The third kappa shape index (κ3) is 4.21. The van der Waals surface area contributed by atoms with Gasteiger partial charge in [-0.05, 0) is 56.3 Å². The van der Waals surface area contributed by atoms with Crippen molar-refractivity contribution < 1.29 is 19.5 Å². The molecule has 0 saturated carbocycles. The Morgan fingerprint density at radius 1 is 0.697 bits per heavy atom. The number of aliphatic carboxylic acids is 1. The largest absolute Gasteiger partial charge is 0.480 e. The molecule has 6 nitrogen and oxygen atoms in total. The molecular formula is C27H28N2O4. The zero-order valence-electron chi connectivity index (χ0n) is 19.2. The molecule has 0 spiro atoms. The average molecular weight is 445 g/mol. The fourth-order valence-corrected chi connectivity index (χ4v) is 4.40. The van der Waals surface area contributed by atoms with Crippen molar-refractivity contribution in [3.63, 3.8) is 0 Å². The number of carboxylic acids is 1. The molecule has 0 aromatic heterocycles. The highest BCUT2D eigenvalue weighted by Gasteiger charge is 2.30. The molecule has 0 heterocycles. The number of carboxylic acid groups (broad SMARTS) is 1. The predicted octanol–water partition coefficient (Wildman–Crippen LogP) is 4.56. The van der Waals surface area contributed by atoms with Crippen LogP contribution in [0, 0.1) is 11.8 Å². The maximum atomic E-state index is 13.2. The van der Waals surface area contributed by atoms with E-state index in [1.807, 2.05) is 56.3 Å². The van der Waals surface area contributed by atoms with Crippen LogP contribution in [-0.4, -0.2) is 35.0 Å². The van der Waals surface area contributed by atoms with E-state index in [0.29, 0.717) is 5.56 Å². The molecule has 2 atom stereocenters. The Hall–Kier alpha value is -3.67. The quantitative estimate of drug-likeness (QED) is 0.364. The molecule has 0 aliphatic rings. The summed E-state index contributed by atoms with van der Waals surface area (Å²) in [5.74, 6) is -2.47. The summed E-state index contributed by atoms with van der Waals surface area (Å²) in [7, 11) is 0. The Labute approximate surface area is 192 Å². The predicted molar refractivity (Wildman–Crippen MR) is 131 cm³/mol. The number of nitrogens with one attached hydrogen (secondary N) is 2. The van der Waals surface area contributed by atoms with Gasteiger partial charge in [0.2, 0.25) is 5.91 Å². The van der Waals surface area contributed by atoms with Crippen LogP contribution in [0.1, 0.15) is 38.1 Å². The van der Waals surface area contributed by atoms with Gasteiger partial charge >= 0.3 is 5.97 Å². The summed E-state index contributed by atoms with van der Waals surface area (Å²) < 4.78 is 0. The number of benzene rings is 4. The summed E-state index contributed by atoms with van der Waals surface area (Å²) in [5.41, 5.74) is 0.456. The first-order valence-electron chi connectivity index (χ1n) is 11.2. The highest BCUT2D eigenvalue weighted by Crippen LogP contribution is 2.35. The SMILES string of the molecule is CC(C)[C@H](NC(=O)[C@@H](NC(=O)c1cc2ccc3cccc4ccc(c1)c2c34)C(C)C)C(=O)O. The van der Waals surface area contributed by atoms with E-state index < -0.39 is 24.0 Å². The van der Waals surface area contributed by atoms with Gasteiger partial charge in [-0.2, -0.15) is 0 Å². The van der Waals surface area contributed by atoms with Gasteiger partial charge in [-0.15, -0.1) is 0 Å². The van der Waals surface area contributed by atoms with Crippen molar-refractivity contribution in [1.29, 1.82) is 0 Å². The van der Waals surface area contributed by atoms with Crippen LogP contribution in [0.2, 0.25) is 0 Å². The van der Waals surface area contributed by atoms with Gasteiger partial charge in [0.25, 0.3) is 5.91 Å². The summed E-state index contributed by atoms with van der Waals surface area (Å²) in [6.07, 6.45) is 0. The second kappa shape index (κ2) is 8.70. The van der Waals surface area contributed by atoms with Gasteiger partial charge in [0.1, 0.15) is 12.1 Å². The van der Waals surface area contributed by atoms with Crippen LogP contribution >= 0.6 is 0 Å². The zero-order chi connectivity index (χ0) is 23.9. The molecule has 6 heteroatoms. The summed E-state index contributed by atoms with van der Waals surface area (Å²) in [6, 6.07) is 16.1. The van der Waals surface area contributed by atoms with E-state index in [1.165, 1.54) is 5.39 Å². The molecule has 33 heavy (non-hydrogen) atoms. The number of hydrogen-bond acceptors (Lipinski definition) is 3. The molecule has 0 aliphatic carbocycles. The van der Waals surface area contributed by atoms with Crippen molar-refractivity contribution in [3.8, 4) is 0 Å². The minimum Gasteiger partial charge on any atom is -0.480 e. The molecule has 170 valence electrons. The Morgan fingerprint density at radius 3 is 1.67 bits per heavy atom. The van der Waals surface area contributed by atoms with Crippen LogP contribution in [0.4, 0.5) is 0 Å². The fraction of sp³-hybridized carbons (Fsp3) is 0.296. The maximum absolute atomic E-state index is 13.2. The normalized spacial score (nSPS) is 13.6. The second-order valence-corrected chi connectivity index (χ2v) is 9.27. The van der Waals surface area contributed by atoms with Gasteiger partial charge in [0.15, 0.2) is 0 Å². The lowest BCUT2D eigenvalue weighted by Gasteiger charge is -2.25. The lowest BCUT2D eigenvalue weighted by atomic mass is 9.92. The molecule has 4 aromatic carbocycles. The van der Waals surface area contributed by atoms with Crippen LogP contribution in [0.5, 0.6) is 0 Å². The summed E-state index contributed by atoms with van der Waals surface area (Å²) >= 11 is 0. The molecule has 2 amide bonds. The molecule has 3 N–H and O–H groups in total. The Morgan fingerprint density at radius 2 is 1.18 bits per heavy atom. The molecule has 0 aliphatic heterocycles. The molecular weight excluding hydrogens is 416 g/mol. The van der Waals surface area contributed by atoms with Gasteiger partial charge in [0, 0.05) is 5.56 Å². The first-order chi connectivity index (χ1) is 15.7. The Balaban J connectivity index is 1.65. The van der Waals surface area contributed by atoms with Crippen molar-refractivity contribution in [2.45, 2.75) is 39.8 Å². The van der Waals surface area contributed by atoms with Crippen LogP contribution < -0.4 is 10.6 Å². The van der Waals surface area contributed by atoms with E-state index in [1.54, 1.807) is 13.8 Å². The lowest BCUT2D eigenvalue weighted by molar-refractivity contribution is -0.143. The fourth-order valence-electron chi connectivity index (χ4n) is 4.40. The molecule has 0 radical (unpaired) electrons. The Bertz CT molecular complexity index is 1290. The number of amides is 2. The molecule has 4 aromatic rings. The van der Waals surface area contributed by atoms with E-state index >= 15 is 0 Å². The molecule has 0 fully saturated rings. The standard InChI is InChI=1S/C27H28N2O4/c1-14(2)23(26(31)29-24(15(3)4)27(32)33)28-25(30)20-12-18-10-8-16-6-5-7-17-9-11-19(13-20)22(18)21(16)17/h5-15,23-24H,1-4H3,(H,28,30)(H,29,31)(H,32,33)/t23-,24-/m0/s1. The number of hydrogen-bond donors (Lipinski definition) is 3. The van der Waals surface area contributed by atoms with E-state index in [2.05, 4.69) is 22.8 Å². The highest BCUT2D eigenvalue weighted by molar-refractivity contribution is 6.24. The van der Waals surface area contributed by atoms with Crippen molar-refractivity contribution >= 4 is 50.1 Å².